The van der Waals surface area contributed by atoms with Gasteiger partial charge in [0.2, 0.25) is 0 Å². The SMILES string of the molecule is [2H]c1cc2c(c([2H])c1[2H])-c1c([2H])c([2H])c(-c3c4c([2H])c([2H])c([2H])cc4c(-c4c([2H])c([2H])c(-c5c([2H])c([2H])c([2H])c([2H])c5[2H])c([2H])c4[2H])c4c([2H])c([2H])c([2H])c([2H])c34)c3c([2H])c([2H])c([2H])c(c13)O2. The third kappa shape index (κ3) is 3.65. The van der Waals surface area contributed by atoms with Crippen LogP contribution in [0.15, 0.2) is 157 Å². The van der Waals surface area contributed by atoms with Crippen LogP contribution in [0.5, 0.6) is 11.5 Å². The van der Waals surface area contributed by atoms with Crippen molar-refractivity contribution in [3.8, 4) is 56.0 Å². The molecule has 0 aromatic heterocycles. The van der Waals surface area contributed by atoms with Crippen LogP contribution in [0.3, 0.4) is 0 Å². The Balaban J connectivity index is 1.57. The average molecular weight is 571 g/mol. The molecule has 0 N–H and O–H groups in total. The Morgan fingerprint density at radius 3 is 1.79 bits per heavy atom. The second-order valence-electron chi connectivity index (χ2n) is 9.41. The van der Waals surface area contributed by atoms with Gasteiger partial charge in [0.1, 0.15) is 11.5 Å². The van der Waals surface area contributed by atoms with Gasteiger partial charge in [-0.25, -0.2) is 0 Å². The second-order valence-corrected chi connectivity index (χ2v) is 9.41. The van der Waals surface area contributed by atoms with Crippen LogP contribution in [-0.2, 0) is 0 Å². The molecule has 1 nitrogen and oxygen atoms in total. The summed E-state index contributed by atoms with van der Waals surface area (Å²) in [5, 5.41) is -2.92. The molecular formula is C42H26O. The normalized spacial score (nSPS) is 19.7. The number of benzene rings is 8. The highest BCUT2D eigenvalue weighted by molar-refractivity contribution is 6.24. The topological polar surface area (TPSA) is 9.23 Å². The predicted octanol–water partition coefficient (Wildman–Crippen LogP) is 11.9. The van der Waals surface area contributed by atoms with Crippen molar-refractivity contribution in [2.24, 2.45) is 0 Å². The molecule has 0 bridgehead atoms. The van der Waals surface area contributed by atoms with Gasteiger partial charge in [-0.1, -0.05) is 145 Å². The first-order valence-corrected chi connectivity index (χ1v) is 12.8. The highest BCUT2D eigenvalue weighted by Gasteiger charge is 2.23. The van der Waals surface area contributed by atoms with E-state index in [1.54, 1.807) is 0 Å². The van der Waals surface area contributed by atoms with Crippen LogP contribution in [-0.4, -0.2) is 0 Å². The monoisotopic (exact) mass is 570 g/mol. The summed E-state index contributed by atoms with van der Waals surface area (Å²) in [5.41, 5.74) is -4.34. The number of hydrogen-bond donors (Lipinski definition) is 0. The molecule has 1 heteroatoms. The Bertz CT molecular complexity index is 3650. The lowest BCUT2D eigenvalue weighted by Gasteiger charge is -2.24. The lowest BCUT2D eigenvalue weighted by atomic mass is 9.83. The molecule has 1 aliphatic heterocycles. The number of hydrogen-bond acceptors (Lipinski definition) is 1. The lowest BCUT2D eigenvalue weighted by Crippen LogP contribution is -1.98. The summed E-state index contributed by atoms with van der Waals surface area (Å²) in [7, 11) is 0. The van der Waals surface area contributed by atoms with Crippen LogP contribution < -0.4 is 4.74 Å². The van der Waals surface area contributed by atoms with Gasteiger partial charge in [0.25, 0.3) is 0 Å². The van der Waals surface area contributed by atoms with E-state index in [0.29, 0.717) is 0 Å². The third-order valence-electron chi connectivity index (χ3n) is 7.15. The van der Waals surface area contributed by atoms with Gasteiger partial charge in [-0.2, -0.15) is 0 Å². The summed E-state index contributed by atoms with van der Waals surface area (Å²) < 4.78 is 220. The molecule has 0 saturated carbocycles. The third-order valence-corrected chi connectivity index (χ3v) is 7.15. The van der Waals surface area contributed by atoms with Crippen LogP contribution in [0.25, 0.3) is 76.8 Å². The number of fused-ring (bicyclic) bond motifs is 4. The maximum absolute atomic E-state index is 9.66. The van der Waals surface area contributed by atoms with Crippen molar-refractivity contribution in [1.29, 1.82) is 0 Å². The summed E-state index contributed by atoms with van der Waals surface area (Å²) in [5.74, 6) is -0.742. The zero-order valence-electron chi connectivity index (χ0n) is 45.6. The van der Waals surface area contributed by atoms with E-state index in [2.05, 4.69) is 0 Å². The van der Waals surface area contributed by atoms with Gasteiger partial charge in [0.05, 0.1) is 32.9 Å². The smallest absolute Gasteiger partial charge is 0.135 e. The predicted molar refractivity (Wildman–Crippen MR) is 181 cm³/mol. The molecule has 1 aliphatic rings. The lowest BCUT2D eigenvalue weighted by molar-refractivity contribution is 0.487. The fourth-order valence-electron chi connectivity index (χ4n) is 5.36. The molecule has 0 radical (unpaired) electrons. The number of para-hydroxylation sites is 1. The molecule has 43 heavy (non-hydrogen) atoms. The maximum atomic E-state index is 9.66. The largest absolute Gasteiger partial charge is 0.456 e. The number of rotatable bonds is 3. The maximum Gasteiger partial charge on any atom is 0.135 e. The standard InChI is InChI=1S/C42H26O/c1-2-11-27(12-3-1)28-21-23-29(24-22-28)40-31-14-4-6-16-33(31)41(34-17-7-5-15-32(34)40)37-26-25-36-30-13-8-9-19-38(30)43-39-20-10-18-35(37)42(36)39/h1-26H/i1D,2D,3D,4D,5D,6D,7D,8D,9D,10D,11D,12D,13D,14D,16D,17D,18D,20D,21D,22D,23D,24D,25D,26D. The molecule has 8 aromatic carbocycles. The molecule has 8 aromatic rings. The fourth-order valence-corrected chi connectivity index (χ4v) is 5.36. The van der Waals surface area contributed by atoms with E-state index in [0.717, 1.165) is 12.1 Å². The van der Waals surface area contributed by atoms with Gasteiger partial charge < -0.3 is 4.74 Å². The van der Waals surface area contributed by atoms with Crippen molar-refractivity contribution in [1.82, 2.24) is 0 Å². The number of ether oxygens (including phenoxy) is 1. The second kappa shape index (κ2) is 9.44. The summed E-state index contributed by atoms with van der Waals surface area (Å²) in [6.45, 7) is 0. The zero-order valence-corrected chi connectivity index (χ0v) is 21.6. The summed E-state index contributed by atoms with van der Waals surface area (Å²) in [4.78, 5) is 0. The van der Waals surface area contributed by atoms with Crippen molar-refractivity contribution in [2.75, 3.05) is 0 Å². The minimum absolute atomic E-state index is 0.268. The summed E-state index contributed by atoms with van der Waals surface area (Å²) >= 11 is 0. The van der Waals surface area contributed by atoms with E-state index >= 15 is 0 Å². The van der Waals surface area contributed by atoms with Gasteiger partial charge in [0.15, 0.2) is 0 Å². The summed E-state index contributed by atoms with van der Waals surface area (Å²) in [6.07, 6.45) is 0. The quantitative estimate of drug-likeness (QED) is 0.192. The van der Waals surface area contributed by atoms with Crippen LogP contribution in [0.2, 0.25) is 0 Å². The molecule has 0 amide bonds. The van der Waals surface area contributed by atoms with E-state index in [4.69, 9.17) is 26.7 Å². The molecule has 9 rings (SSSR count). The van der Waals surface area contributed by atoms with E-state index in [-0.39, 0.29) is 22.3 Å². The first kappa shape index (κ1) is 10.3. The van der Waals surface area contributed by atoms with Crippen molar-refractivity contribution in [3.05, 3.63) is 157 Å². The minimum atomic E-state index is -0.961. The Morgan fingerprint density at radius 2 is 0.953 bits per heavy atom. The molecule has 200 valence electrons. The van der Waals surface area contributed by atoms with E-state index in [1.807, 2.05) is 0 Å². The van der Waals surface area contributed by atoms with Crippen LogP contribution in [0.4, 0.5) is 0 Å². The van der Waals surface area contributed by atoms with Crippen molar-refractivity contribution < 1.29 is 37.6 Å². The highest BCUT2D eigenvalue weighted by Crippen LogP contribution is 2.51. The molecule has 0 unspecified atom stereocenters. The molecular weight excluding hydrogens is 520 g/mol. The first-order valence-electron chi connectivity index (χ1n) is 24.8. The van der Waals surface area contributed by atoms with E-state index in [1.165, 1.54) is 0 Å². The van der Waals surface area contributed by atoms with Crippen LogP contribution in [0.1, 0.15) is 32.9 Å². The van der Waals surface area contributed by atoms with Gasteiger partial charge in [-0.05, 0) is 78.0 Å². The minimum Gasteiger partial charge on any atom is -0.456 e. The molecule has 0 atom stereocenters. The molecule has 0 fully saturated rings. The Hall–Kier alpha value is -5.66. The van der Waals surface area contributed by atoms with Crippen LogP contribution >= 0.6 is 0 Å². The molecule has 0 saturated heterocycles. The van der Waals surface area contributed by atoms with Crippen molar-refractivity contribution in [3.63, 3.8) is 0 Å². The van der Waals surface area contributed by atoms with Crippen molar-refractivity contribution >= 4 is 32.3 Å². The summed E-state index contributed by atoms with van der Waals surface area (Å²) in [6, 6.07) is -17.5. The Labute approximate surface area is 284 Å². The molecule has 1 heterocycles. The van der Waals surface area contributed by atoms with Gasteiger partial charge in [-0.3, -0.25) is 0 Å². The van der Waals surface area contributed by atoms with Crippen molar-refractivity contribution in [2.45, 2.75) is 0 Å². The van der Waals surface area contributed by atoms with Gasteiger partial charge in [0, 0.05) is 10.9 Å². The zero-order chi connectivity index (χ0) is 49.2. The molecule has 0 aliphatic carbocycles. The Morgan fingerprint density at radius 1 is 0.349 bits per heavy atom. The van der Waals surface area contributed by atoms with Gasteiger partial charge in [-0.15, -0.1) is 0 Å². The van der Waals surface area contributed by atoms with Gasteiger partial charge >= 0.3 is 0 Å². The molecule has 0 spiro atoms. The van der Waals surface area contributed by atoms with Crippen LogP contribution in [0, 0.1) is 0 Å². The average Bonchev–Trinajstić information content (AvgIpc) is 3.29. The van der Waals surface area contributed by atoms with E-state index < -0.39 is 211 Å². The Kier molecular flexibility index (Phi) is 2.25. The highest BCUT2D eigenvalue weighted by atomic mass is 16.5. The first-order chi connectivity index (χ1) is 31.3. The van der Waals surface area contributed by atoms with E-state index in [9.17, 15) is 11.0 Å². The fraction of sp³-hybridized carbons (Fsp3) is 0.